The van der Waals surface area contributed by atoms with E-state index in [1.165, 1.54) is 12.1 Å². The highest BCUT2D eigenvalue weighted by atomic mass is 32.2. The standard InChI is InChI=1S/C13H18N4O2S2/c1-9(2)12-16-17-13(20-12)15-8-7-10-3-5-11(6-4-10)21(14,18)19/h3-6,9H,7-8H2,1-2H3,(H,15,17)(H2,14,18,19). The average molecular weight is 326 g/mol. The maximum atomic E-state index is 11.2. The Morgan fingerprint density at radius 1 is 1.24 bits per heavy atom. The van der Waals surface area contributed by atoms with Crippen LogP contribution in [0.3, 0.4) is 0 Å². The van der Waals surface area contributed by atoms with E-state index >= 15 is 0 Å². The molecule has 0 amide bonds. The summed E-state index contributed by atoms with van der Waals surface area (Å²) in [7, 11) is -3.62. The van der Waals surface area contributed by atoms with Gasteiger partial charge in [-0.25, -0.2) is 13.6 Å². The van der Waals surface area contributed by atoms with E-state index in [9.17, 15) is 8.42 Å². The van der Waals surface area contributed by atoms with Crippen LogP contribution in [-0.2, 0) is 16.4 Å². The molecule has 0 spiro atoms. The lowest BCUT2D eigenvalue weighted by Gasteiger charge is -2.04. The second-order valence-corrected chi connectivity index (χ2v) is 7.54. The highest BCUT2D eigenvalue weighted by Gasteiger charge is 2.08. The molecule has 2 aromatic rings. The number of anilines is 1. The molecule has 0 aliphatic carbocycles. The van der Waals surface area contributed by atoms with E-state index in [0.29, 0.717) is 12.5 Å². The lowest BCUT2D eigenvalue weighted by molar-refractivity contribution is 0.598. The van der Waals surface area contributed by atoms with Gasteiger partial charge in [-0.2, -0.15) is 0 Å². The Kier molecular flexibility index (Phi) is 4.92. The van der Waals surface area contributed by atoms with Gasteiger partial charge in [-0.1, -0.05) is 37.3 Å². The van der Waals surface area contributed by atoms with Gasteiger partial charge in [0.25, 0.3) is 0 Å². The van der Waals surface area contributed by atoms with E-state index in [1.54, 1.807) is 23.5 Å². The lowest BCUT2D eigenvalue weighted by atomic mass is 10.1. The van der Waals surface area contributed by atoms with Crippen molar-refractivity contribution in [3.05, 3.63) is 34.8 Å². The Morgan fingerprint density at radius 3 is 2.43 bits per heavy atom. The van der Waals surface area contributed by atoms with Gasteiger partial charge < -0.3 is 5.32 Å². The summed E-state index contributed by atoms with van der Waals surface area (Å²) in [5, 5.41) is 18.3. The van der Waals surface area contributed by atoms with Crippen LogP contribution in [0.2, 0.25) is 0 Å². The zero-order valence-corrected chi connectivity index (χ0v) is 13.5. The molecule has 2 rings (SSSR count). The number of rotatable bonds is 6. The molecule has 6 nitrogen and oxygen atoms in total. The molecule has 1 heterocycles. The van der Waals surface area contributed by atoms with Crippen LogP contribution in [0.4, 0.5) is 5.13 Å². The van der Waals surface area contributed by atoms with Crippen molar-refractivity contribution in [2.45, 2.75) is 31.1 Å². The van der Waals surface area contributed by atoms with E-state index in [0.717, 1.165) is 22.1 Å². The summed E-state index contributed by atoms with van der Waals surface area (Å²) in [5.41, 5.74) is 1.03. The number of hydrogen-bond donors (Lipinski definition) is 2. The Balaban J connectivity index is 1.88. The second kappa shape index (κ2) is 6.50. The summed E-state index contributed by atoms with van der Waals surface area (Å²) in [4.78, 5) is 0.130. The molecule has 3 N–H and O–H groups in total. The molecule has 0 bridgehead atoms. The topological polar surface area (TPSA) is 98.0 Å². The molecule has 0 aliphatic rings. The maximum absolute atomic E-state index is 11.2. The molecule has 0 aliphatic heterocycles. The zero-order valence-electron chi connectivity index (χ0n) is 11.9. The van der Waals surface area contributed by atoms with E-state index in [1.807, 2.05) is 0 Å². The van der Waals surface area contributed by atoms with Crippen LogP contribution in [0.1, 0.15) is 30.3 Å². The molecule has 1 aromatic carbocycles. The van der Waals surface area contributed by atoms with Crippen LogP contribution in [0.25, 0.3) is 0 Å². The minimum Gasteiger partial charge on any atom is -0.360 e. The van der Waals surface area contributed by atoms with E-state index in [4.69, 9.17) is 5.14 Å². The molecule has 0 radical (unpaired) electrons. The Labute approximate surface area is 128 Å². The fraction of sp³-hybridized carbons (Fsp3) is 0.385. The molecule has 21 heavy (non-hydrogen) atoms. The first-order chi connectivity index (χ1) is 9.86. The third-order valence-corrected chi connectivity index (χ3v) is 4.99. The number of aromatic nitrogens is 2. The number of benzene rings is 1. The summed E-state index contributed by atoms with van der Waals surface area (Å²) in [6.07, 6.45) is 0.765. The SMILES string of the molecule is CC(C)c1nnc(NCCc2ccc(S(N)(=O)=O)cc2)s1. The van der Waals surface area contributed by atoms with Crippen molar-refractivity contribution in [1.29, 1.82) is 0 Å². The first-order valence-corrected chi connectivity index (χ1v) is 8.91. The van der Waals surface area contributed by atoms with Gasteiger partial charge in [-0.05, 0) is 24.1 Å². The molecular weight excluding hydrogens is 308 g/mol. The van der Waals surface area contributed by atoms with Crippen LogP contribution >= 0.6 is 11.3 Å². The van der Waals surface area contributed by atoms with Crippen LogP contribution < -0.4 is 10.5 Å². The Hall–Kier alpha value is -1.51. The highest BCUT2D eigenvalue weighted by molar-refractivity contribution is 7.89. The van der Waals surface area contributed by atoms with Crippen molar-refractivity contribution in [1.82, 2.24) is 10.2 Å². The molecule has 0 atom stereocenters. The monoisotopic (exact) mass is 326 g/mol. The Morgan fingerprint density at radius 2 is 1.90 bits per heavy atom. The predicted molar refractivity (Wildman–Crippen MR) is 84.0 cm³/mol. The van der Waals surface area contributed by atoms with Crippen molar-refractivity contribution < 1.29 is 8.42 Å². The van der Waals surface area contributed by atoms with Gasteiger partial charge in [0.1, 0.15) is 5.01 Å². The maximum Gasteiger partial charge on any atom is 0.238 e. The van der Waals surface area contributed by atoms with Gasteiger partial charge in [0, 0.05) is 12.5 Å². The van der Waals surface area contributed by atoms with Crippen molar-refractivity contribution in [2.75, 3.05) is 11.9 Å². The van der Waals surface area contributed by atoms with E-state index in [-0.39, 0.29) is 4.90 Å². The van der Waals surface area contributed by atoms with Gasteiger partial charge in [-0.3, -0.25) is 0 Å². The normalized spacial score (nSPS) is 11.8. The van der Waals surface area contributed by atoms with Gasteiger partial charge in [-0.15, -0.1) is 10.2 Å². The first kappa shape index (κ1) is 15.9. The summed E-state index contributed by atoms with van der Waals surface area (Å²) in [5.74, 6) is 0.379. The van der Waals surface area contributed by atoms with Crippen molar-refractivity contribution in [2.24, 2.45) is 5.14 Å². The molecule has 0 saturated heterocycles. The molecular formula is C13H18N4O2S2. The minimum absolute atomic E-state index is 0.130. The molecule has 1 aromatic heterocycles. The van der Waals surface area contributed by atoms with Gasteiger partial charge >= 0.3 is 0 Å². The molecule has 8 heteroatoms. The van der Waals surface area contributed by atoms with Crippen LogP contribution in [0.5, 0.6) is 0 Å². The molecule has 0 saturated carbocycles. The van der Waals surface area contributed by atoms with Gasteiger partial charge in [0.15, 0.2) is 0 Å². The smallest absolute Gasteiger partial charge is 0.238 e. The highest BCUT2D eigenvalue weighted by Crippen LogP contribution is 2.22. The minimum atomic E-state index is -3.62. The third-order valence-electron chi connectivity index (χ3n) is 2.88. The van der Waals surface area contributed by atoms with E-state index in [2.05, 4.69) is 29.4 Å². The molecule has 114 valence electrons. The summed E-state index contributed by atoms with van der Waals surface area (Å²) < 4.78 is 22.3. The van der Waals surface area contributed by atoms with Gasteiger partial charge in [0.05, 0.1) is 4.90 Å². The first-order valence-electron chi connectivity index (χ1n) is 6.55. The fourth-order valence-corrected chi connectivity index (χ4v) is 2.99. The molecule has 0 unspecified atom stereocenters. The van der Waals surface area contributed by atoms with Crippen molar-refractivity contribution in [3.8, 4) is 0 Å². The summed E-state index contributed by atoms with van der Waals surface area (Å²) in [6.45, 7) is 4.87. The number of hydrogen-bond acceptors (Lipinski definition) is 6. The quantitative estimate of drug-likeness (QED) is 0.845. The van der Waals surface area contributed by atoms with Crippen molar-refractivity contribution in [3.63, 3.8) is 0 Å². The largest absolute Gasteiger partial charge is 0.360 e. The lowest BCUT2D eigenvalue weighted by Crippen LogP contribution is -2.12. The number of primary sulfonamides is 1. The Bertz CT molecular complexity index is 693. The summed E-state index contributed by atoms with van der Waals surface area (Å²) in [6, 6.07) is 6.57. The average Bonchev–Trinajstić information content (AvgIpc) is 2.87. The third kappa shape index (κ3) is 4.48. The summed E-state index contributed by atoms with van der Waals surface area (Å²) >= 11 is 1.55. The fourth-order valence-electron chi connectivity index (χ4n) is 1.70. The van der Waals surface area contributed by atoms with Crippen LogP contribution in [0, 0.1) is 0 Å². The number of nitrogens with zero attached hydrogens (tertiary/aromatic N) is 2. The second-order valence-electron chi connectivity index (χ2n) is 4.97. The van der Waals surface area contributed by atoms with Crippen molar-refractivity contribution >= 4 is 26.5 Å². The number of nitrogens with two attached hydrogens (primary N) is 1. The number of nitrogens with one attached hydrogen (secondary N) is 1. The van der Waals surface area contributed by atoms with Gasteiger partial charge in [0.2, 0.25) is 15.2 Å². The zero-order chi connectivity index (χ0) is 15.5. The van der Waals surface area contributed by atoms with Crippen LogP contribution in [-0.4, -0.2) is 25.2 Å². The number of sulfonamides is 1. The van der Waals surface area contributed by atoms with E-state index < -0.39 is 10.0 Å². The molecule has 0 fully saturated rings. The predicted octanol–water partition coefficient (Wildman–Crippen LogP) is 1.96. The van der Waals surface area contributed by atoms with Crippen LogP contribution in [0.15, 0.2) is 29.2 Å².